The van der Waals surface area contributed by atoms with Crippen molar-refractivity contribution in [2.45, 2.75) is 24.3 Å². The Labute approximate surface area is 169 Å². The smallest absolute Gasteiger partial charge is 0.287 e. The van der Waals surface area contributed by atoms with Crippen molar-refractivity contribution in [1.82, 2.24) is 5.32 Å². The average molecular weight is 411 g/mol. The van der Waals surface area contributed by atoms with Crippen molar-refractivity contribution in [2.24, 2.45) is 0 Å². The second-order valence-corrected chi connectivity index (χ2v) is 9.22. The topological polar surface area (TPSA) is 85.6 Å². The number of hydrogen-bond donors (Lipinski definition) is 1. The van der Waals surface area contributed by atoms with Crippen molar-refractivity contribution >= 4 is 15.7 Å². The lowest BCUT2D eigenvalue weighted by Crippen LogP contribution is -2.34. The summed E-state index contributed by atoms with van der Waals surface area (Å²) in [7, 11) is -3.21. The third kappa shape index (κ3) is 4.05. The predicted molar refractivity (Wildman–Crippen MR) is 109 cm³/mol. The molecule has 0 radical (unpaired) electrons. The molecule has 0 saturated heterocycles. The molecule has 0 saturated carbocycles. The van der Waals surface area contributed by atoms with Crippen LogP contribution in [-0.2, 0) is 16.3 Å². The highest BCUT2D eigenvalue weighted by Crippen LogP contribution is 2.33. The molecule has 1 amide bonds. The van der Waals surface area contributed by atoms with Crippen molar-refractivity contribution in [3.8, 4) is 16.9 Å². The zero-order valence-corrected chi connectivity index (χ0v) is 17.0. The quantitative estimate of drug-likeness (QED) is 0.696. The van der Waals surface area contributed by atoms with Crippen LogP contribution in [0.2, 0.25) is 0 Å². The number of amides is 1. The molecule has 1 atom stereocenters. The van der Waals surface area contributed by atoms with Gasteiger partial charge in [-0.3, -0.25) is 4.79 Å². The molecule has 150 valence electrons. The third-order valence-corrected chi connectivity index (χ3v) is 6.10. The summed E-state index contributed by atoms with van der Waals surface area (Å²) >= 11 is 0. The number of aryl methyl sites for hydroxylation is 1. The lowest BCUT2D eigenvalue weighted by molar-refractivity contribution is 0.0905. The Balaban J connectivity index is 1.43. The lowest BCUT2D eigenvalue weighted by Gasteiger charge is -2.11. The molecule has 29 heavy (non-hydrogen) atoms. The minimum absolute atomic E-state index is 0.146. The van der Waals surface area contributed by atoms with Crippen LogP contribution in [0.3, 0.4) is 0 Å². The average Bonchev–Trinajstić information content (AvgIpc) is 3.30. The largest absolute Gasteiger partial charge is 0.488 e. The summed E-state index contributed by atoms with van der Waals surface area (Å²) in [6.07, 6.45) is 3.23. The zero-order valence-electron chi connectivity index (χ0n) is 16.1. The third-order valence-electron chi connectivity index (χ3n) is 4.98. The van der Waals surface area contributed by atoms with E-state index in [0.717, 1.165) is 28.0 Å². The van der Waals surface area contributed by atoms with Crippen molar-refractivity contribution in [3.63, 3.8) is 0 Å². The van der Waals surface area contributed by atoms with Crippen molar-refractivity contribution in [1.29, 1.82) is 0 Å². The maximum Gasteiger partial charge on any atom is 0.287 e. The van der Waals surface area contributed by atoms with Crippen LogP contribution in [0.4, 0.5) is 0 Å². The van der Waals surface area contributed by atoms with Crippen molar-refractivity contribution in [3.05, 3.63) is 71.7 Å². The normalized spacial score (nSPS) is 15.6. The van der Waals surface area contributed by atoms with Gasteiger partial charge in [-0.2, -0.15) is 0 Å². The molecule has 0 aliphatic carbocycles. The molecule has 1 unspecified atom stereocenters. The first-order valence-electron chi connectivity index (χ1n) is 9.23. The highest BCUT2D eigenvalue weighted by atomic mass is 32.2. The van der Waals surface area contributed by atoms with E-state index in [2.05, 4.69) is 5.32 Å². The Morgan fingerprint density at radius 1 is 1.10 bits per heavy atom. The molecule has 1 aliphatic rings. The van der Waals surface area contributed by atoms with Gasteiger partial charge in [-0.1, -0.05) is 18.2 Å². The van der Waals surface area contributed by atoms with Gasteiger partial charge in [0, 0.05) is 18.2 Å². The molecule has 3 aromatic rings. The van der Waals surface area contributed by atoms with Gasteiger partial charge in [-0.05, 0) is 53.9 Å². The van der Waals surface area contributed by atoms with Gasteiger partial charge in [-0.15, -0.1) is 0 Å². The molecule has 2 heterocycles. The van der Waals surface area contributed by atoms with Gasteiger partial charge < -0.3 is 14.5 Å². The molecule has 0 bridgehead atoms. The monoisotopic (exact) mass is 411 g/mol. The van der Waals surface area contributed by atoms with E-state index < -0.39 is 9.84 Å². The molecule has 1 aromatic heterocycles. The number of benzene rings is 2. The SMILES string of the molecule is Cc1ccoc1C(=O)NCC1Cc2cc(-c3ccc(S(C)(=O)=O)cc3)ccc2O1. The van der Waals surface area contributed by atoms with Gasteiger partial charge in [0.05, 0.1) is 17.7 Å². The Kier molecular flexibility index (Phi) is 4.92. The lowest BCUT2D eigenvalue weighted by atomic mass is 10.0. The van der Waals surface area contributed by atoms with Crippen LogP contribution in [0.15, 0.2) is 64.1 Å². The number of fused-ring (bicyclic) bond motifs is 1. The number of nitrogens with one attached hydrogen (secondary N) is 1. The molecule has 1 N–H and O–H groups in total. The Bertz CT molecular complexity index is 1160. The highest BCUT2D eigenvalue weighted by Gasteiger charge is 2.24. The first-order valence-corrected chi connectivity index (χ1v) is 11.1. The maximum atomic E-state index is 12.2. The summed E-state index contributed by atoms with van der Waals surface area (Å²) in [5.74, 6) is 0.869. The first-order chi connectivity index (χ1) is 13.8. The van der Waals surface area contributed by atoms with Gasteiger partial charge in [-0.25, -0.2) is 8.42 Å². The molecular weight excluding hydrogens is 390 g/mol. The second kappa shape index (κ2) is 7.40. The van der Waals surface area contributed by atoms with E-state index in [1.54, 1.807) is 30.3 Å². The van der Waals surface area contributed by atoms with Crippen LogP contribution in [0.1, 0.15) is 21.7 Å². The van der Waals surface area contributed by atoms with Crippen LogP contribution in [0.5, 0.6) is 5.75 Å². The van der Waals surface area contributed by atoms with E-state index in [-0.39, 0.29) is 12.0 Å². The van der Waals surface area contributed by atoms with E-state index in [4.69, 9.17) is 9.15 Å². The summed E-state index contributed by atoms with van der Waals surface area (Å²) in [5.41, 5.74) is 3.78. The van der Waals surface area contributed by atoms with E-state index in [1.807, 2.05) is 25.1 Å². The fraction of sp³-hybridized carbons (Fsp3) is 0.227. The summed E-state index contributed by atoms with van der Waals surface area (Å²) in [6, 6.07) is 14.5. The summed E-state index contributed by atoms with van der Waals surface area (Å²) in [6.45, 7) is 2.20. The minimum atomic E-state index is -3.21. The number of carbonyl (C=O) groups excluding carboxylic acids is 1. The summed E-state index contributed by atoms with van der Waals surface area (Å²) < 4.78 is 34.4. The van der Waals surface area contributed by atoms with Gasteiger partial charge in [0.2, 0.25) is 0 Å². The first kappa shape index (κ1) is 19.3. The molecule has 0 spiro atoms. The number of furan rings is 1. The molecule has 1 aliphatic heterocycles. The summed E-state index contributed by atoms with van der Waals surface area (Å²) in [4.78, 5) is 12.5. The van der Waals surface area contributed by atoms with Gasteiger partial charge in [0.1, 0.15) is 11.9 Å². The van der Waals surface area contributed by atoms with Crippen LogP contribution in [0.25, 0.3) is 11.1 Å². The Hall–Kier alpha value is -3.06. The van der Waals surface area contributed by atoms with E-state index in [1.165, 1.54) is 12.5 Å². The van der Waals surface area contributed by atoms with Gasteiger partial charge in [0.15, 0.2) is 15.6 Å². The standard InChI is InChI=1S/C22H21NO5S/c1-14-9-10-27-21(14)22(24)23-13-18-12-17-11-16(5-8-20(17)28-18)15-3-6-19(7-4-15)29(2,25)26/h3-11,18H,12-13H2,1-2H3,(H,23,24). The van der Waals surface area contributed by atoms with Crippen LogP contribution >= 0.6 is 0 Å². The summed E-state index contributed by atoms with van der Waals surface area (Å²) in [5, 5.41) is 2.85. The van der Waals surface area contributed by atoms with E-state index >= 15 is 0 Å². The number of hydrogen-bond acceptors (Lipinski definition) is 5. The van der Waals surface area contributed by atoms with Gasteiger partial charge >= 0.3 is 0 Å². The van der Waals surface area contributed by atoms with Gasteiger partial charge in [0.25, 0.3) is 5.91 Å². The van der Waals surface area contributed by atoms with Crippen LogP contribution in [-0.4, -0.2) is 33.2 Å². The van der Waals surface area contributed by atoms with Crippen molar-refractivity contribution in [2.75, 3.05) is 12.8 Å². The molecule has 7 heteroatoms. The molecule has 6 nitrogen and oxygen atoms in total. The number of carbonyl (C=O) groups is 1. The molecule has 0 fully saturated rings. The fourth-order valence-electron chi connectivity index (χ4n) is 3.40. The zero-order chi connectivity index (χ0) is 20.6. The van der Waals surface area contributed by atoms with Crippen LogP contribution in [0, 0.1) is 6.92 Å². The maximum absolute atomic E-state index is 12.2. The predicted octanol–water partition coefficient (Wildman–Crippen LogP) is 3.39. The van der Waals surface area contributed by atoms with Crippen LogP contribution < -0.4 is 10.1 Å². The molecule has 2 aromatic carbocycles. The number of sulfone groups is 1. The molecule has 4 rings (SSSR count). The van der Waals surface area contributed by atoms with E-state index in [9.17, 15) is 13.2 Å². The highest BCUT2D eigenvalue weighted by molar-refractivity contribution is 7.90. The van der Waals surface area contributed by atoms with Crippen molar-refractivity contribution < 1.29 is 22.4 Å². The number of ether oxygens (including phenoxy) is 1. The minimum Gasteiger partial charge on any atom is -0.488 e. The Morgan fingerprint density at radius 3 is 2.48 bits per heavy atom. The van der Waals surface area contributed by atoms with E-state index in [0.29, 0.717) is 23.6 Å². The number of rotatable bonds is 5. The Morgan fingerprint density at radius 2 is 1.83 bits per heavy atom. The molecular formula is C22H21NO5S. The second-order valence-electron chi connectivity index (χ2n) is 7.21. The fourth-order valence-corrected chi connectivity index (χ4v) is 4.03.